The molecule has 2 aromatic heterocycles. The van der Waals surface area contributed by atoms with Crippen molar-refractivity contribution in [3.63, 3.8) is 0 Å². The second kappa shape index (κ2) is 15.4. The van der Waals surface area contributed by atoms with Gasteiger partial charge in [-0.15, -0.1) is 0 Å². The van der Waals surface area contributed by atoms with Crippen LogP contribution in [0, 0.1) is 5.92 Å². The Balaban J connectivity index is 1.19. The molecule has 0 spiro atoms. The van der Waals surface area contributed by atoms with E-state index in [1.165, 1.54) is 22.9 Å². The van der Waals surface area contributed by atoms with E-state index in [9.17, 15) is 14.4 Å². The molecule has 1 aliphatic rings. The predicted octanol–water partition coefficient (Wildman–Crippen LogP) is 7.09. The van der Waals surface area contributed by atoms with E-state index in [1.807, 2.05) is 29.2 Å². The zero-order chi connectivity index (χ0) is 34.3. The summed E-state index contributed by atoms with van der Waals surface area (Å²) in [4.78, 5) is 50.4. The van der Waals surface area contributed by atoms with Crippen LogP contribution in [0.1, 0.15) is 64.6 Å². The Labute approximate surface area is 290 Å². The van der Waals surface area contributed by atoms with Crippen LogP contribution in [0.5, 0.6) is 5.75 Å². The van der Waals surface area contributed by atoms with Gasteiger partial charge in [-0.3, -0.25) is 9.59 Å². The predicted molar refractivity (Wildman–Crippen MR) is 190 cm³/mol. The van der Waals surface area contributed by atoms with Crippen molar-refractivity contribution in [2.75, 3.05) is 26.8 Å². The second-order valence-electron chi connectivity index (χ2n) is 12.1. The van der Waals surface area contributed by atoms with Crippen LogP contribution in [0.3, 0.4) is 0 Å². The van der Waals surface area contributed by atoms with E-state index >= 15 is 0 Å². The van der Waals surface area contributed by atoms with Crippen molar-refractivity contribution in [1.82, 2.24) is 20.2 Å². The molecule has 1 atom stereocenters. The topological polar surface area (TPSA) is 114 Å². The molecular formula is C39H40N4O5S. The summed E-state index contributed by atoms with van der Waals surface area (Å²) in [5.74, 6) is 0.188. The summed E-state index contributed by atoms with van der Waals surface area (Å²) in [6.07, 6.45) is 3.31. The minimum atomic E-state index is -0.758. The maximum Gasteiger partial charge on any atom is 0.340 e. The summed E-state index contributed by atoms with van der Waals surface area (Å²) in [7, 11) is 1.57. The molecule has 1 fully saturated rings. The van der Waals surface area contributed by atoms with Gasteiger partial charge in [0.2, 0.25) is 5.91 Å². The van der Waals surface area contributed by atoms with Crippen LogP contribution in [-0.4, -0.2) is 65.5 Å². The Bertz CT molecular complexity index is 1880. The minimum absolute atomic E-state index is 0.121. The molecule has 1 saturated heterocycles. The lowest BCUT2D eigenvalue weighted by molar-refractivity contribution is -0.134. The Morgan fingerprint density at radius 3 is 2.27 bits per heavy atom. The fraction of sp³-hybridized carbons (Fsp3) is 0.282. The first-order valence-electron chi connectivity index (χ1n) is 16.6. The van der Waals surface area contributed by atoms with Crippen LogP contribution in [0.25, 0.3) is 10.9 Å². The number of hydrogen-bond donors (Lipinski definition) is 2. The van der Waals surface area contributed by atoms with Gasteiger partial charge in [-0.05, 0) is 74.1 Å². The summed E-state index contributed by atoms with van der Waals surface area (Å²) in [5, 5.41) is 4.06. The smallest absolute Gasteiger partial charge is 0.340 e. The number of rotatable bonds is 11. The molecular weight excluding hydrogens is 637 g/mol. The van der Waals surface area contributed by atoms with Crippen molar-refractivity contribution < 1.29 is 23.9 Å². The molecule has 2 N–H and O–H groups in total. The third-order valence-corrected chi connectivity index (χ3v) is 10.2. The molecule has 0 aliphatic carbocycles. The number of ether oxygens (including phenoxy) is 2. The number of nitrogens with one attached hydrogen (secondary N) is 2. The Morgan fingerprint density at radius 2 is 1.63 bits per heavy atom. The molecule has 1 aliphatic heterocycles. The maximum atomic E-state index is 13.9. The number of methoxy groups -OCH3 is 1. The van der Waals surface area contributed by atoms with E-state index in [4.69, 9.17) is 9.47 Å². The van der Waals surface area contributed by atoms with Crippen molar-refractivity contribution in [3.05, 3.63) is 120 Å². The SMILES string of the molecule is CCOC(=O)c1cccnc1Sc1c(C(=O)N[C@H](C)C(=O)N2CCC(C(c3ccccc3)c3ccccc3)CC2)[nH]c2ccc(OC)cc12. The molecule has 10 heteroatoms. The molecule has 252 valence electrons. The van der Waals surface area contributed by atoms with E-state index in [0.29, 0.717) is 45.8 Å². The number of esters is 1. The zero-order valence-corrected chi connectivity index (χ0v) is 28.7. The third kappa shape index (κ3) is 7.49. The first kappa shape index (κ1) is 33.8. The number of nitrogens with zero attached hydrogens (tertiary/aromatic N) is 2. The van der Waals surface area contributed by atoms with Crippen molar-refractivity contribution in [2.24, 2.45) is 5.92 Å². The van der Waals surface area contributed by atoms with E-state index in [2.05, 4.69) is 63.8 Å². The summed E-state index contributed by atoms with van der Waals surface area (Å²) in [5.41, 5.74) is 3.83. The first-order valence-corrected chi connectivity index (χ1v) is 17.4. The van der Waals surface area contributed by atoms with E-state index < -0.39 is 17.9 Å². The summed E-state index contributed by atoms with van der Waals surface area (Å²) < 4.78 is 10.7. The van der Waals surface area contributed by atoms with E-state index in [1.54, 1.807) is 45.4 Å². The number of carbonyl (C=O) groups is 3. The number of amides is 2. The van der Waals surface area contributed by atoms with Gasteiger partial charge in [0.25, 0.3) is 5.91 Å². The Hall–Kier alpha value is -5.09. The van der Waals surface area contributed by atoms with Gasteiger partial charge in [0.15, 0.2) is 0 Å². The van der Waals surface area contributed by atoms with Gasteiger partial charge in [-0.25, -0.2) is 9.78 Å². The first-order chi connectivity index (χ1) is 23.9. The number of piperidine rings is 1. The van der Waals surface area contributed by atoms with Gasteiger partial charge >= 0.3 is 5.97 Å². The van der Waals surface area contributed by atoms with E-state index in [0.717, 1.165) is 18.2 Å². The largest absolute Gasteiger partial charge is 0.497 e. The second-order valence-corrected chi connectivity index (χ2v) is 13.1. The quantitative estimate of drug-likeness (QED) is 0.144. The van der Waals surface area contributed by atoms with Crippen LogP contribution in [0.4, 0.5) is 0 Å². The minimum Gasteiger partial charge on any atom is -0.497 e. The number of pyridine rings is 1. The highest BCUT2D eigenvalue weighted by atomic mass is 32.2. The van der Waals surface area contributed by atoms with Crippen molar-refractivity contribution in [1.29, 1.82) is 0 Å². The van der Waals surface area contributed by atoms with Gasteiger partial charge < -0.3 is 24.7 Å². The highest BCUT2D eigenvalue weighted by molar-refractivity contribution is 7.99. The van der Waals surface area contributed by atoms with Crippen LogP contribution in [0.2, 0.25) is 0 Å². The molecule has 6 rings (SSSR count). The summed E-state index contributed by atoms with van der Waals surface area (Å²) >= 11 is 1.19. The average Bonchev–Trinajstić information content (AvgIpc) is 3.50. The lowest BCUT2D eigenvalue weighted by Crippen LogP contribution is -2.49. The van der Waals surface area contributed by atoms with Crippen LogP contribution in [-0.2, 0) is 9.53 Å². The standard InChI is InChI=1S/C39H40N4O5S/c1-4-48-39(46)30-16-11-21-40-37(30)49-35-31-24-29(47-3)17-18-32(31)42-34(35)36(44)41-25(2)38(45)43-22-19-28(20-23-43)33(26-12-7-5-8-13-26)27-14-9-6-10-15-27/h5-18,21,24-25,28,33,42H,4,19-20,22-23H2,1-3H3,(H,41,44)/t25-/m1/s1. The number of likely N-dealkylation sites (tertiary alicyclic amines) is 1. The lowest BCUT2D eigenvalue weighted by atomic mass is 9.76. The molecule has 0 radical (unpaired) electrons. The number of benzene rings is 3. The number of aromatic nitrogens is 2. The van der Waals surface area contributed by atoms with Crippen molar-refractivity contribution in [3.8, 4) is 5.75 Å². The molecule has 0 bridgehead atoms. The fourth-order valence-electron chi connectivity index (χ4n) is 6.59. The molecule has 3 heterocycles. The highest BCUT2D eigenvalue weighted by Gasteiger charge is 2.33. The zero-order valence-electron chi connectivity index (χ0n) is 27.8. The molecule has 2 amide bonds. The molecule has 0 saturated carbocycles. The van der Waals surface area contributed by atoms with Gasteiger partial charge in [0.1, 0.15) is 22.5 Å². The number of fused-ring (bicyclic) bond motifs is 1. The number of aromatic amines is 1. The monoisotopic (exact) mass is 676 g/mol. The number of hydrogen-bond acceptors (Lipinski definition) is 7. The van der Waals surface area contributed by atoms with Gasteiger partial charge in [-0.2, -0.15) is 0 Å². The third-order valence-electron chi connectivity index (χ3n) is 9.01. The number of carbonyl (C=O) groups excluding carboxylic acids is 3. The maximum absolute atomic E-state index is 13.9. The fourth-order valence-corrected chi connectivity index (χ4v) is 7.68. The Morgan fingerprint density at radius 1 is 0.959 bits per heavy atom. The highest BCUT2D eigenvalue weighted by Crippen LogP contribution is 2.40. The van der Waals surface area contributed by atoms with Crippen LogP contribution >= 0.6 is 11.8 Å². The van der Waals surface area contributed by atoms with Gasteiger partial charge in [0.05, 0.1) is 24.2 Å². The van der Waals surface area contributed by atoms with Gasteiger partial charge in [0, 0.05) is 36.1 Å². The molecule has 49 heavy (non-hydrogen) atoms. The summed E-state index contributed by atoms with van der Waals surface area (Å²) in [6, 6.07) is 29.2. The Kier molecular flexibility index (Phi) is 10.6. The number of H-pyrrole nitrogens is 1. The molecule has 5 aromatic rings. The molecule has 3 aromatic carbocycles. The van der Waals surface area contributed by atoms with Crippen molar-refractivity contribution >= 4 is 40.4 Å². The summed E-state index contributed by atoms with van der Waals surface area (Å²) in [6.45, 7) is 4.92. The normalized spacial score (nSPS) is 14.1. The average molecular weight is 677 g/mol. The van der Waals surface area contributed by atoms with Crippen molar-refractivity contribution in [2.45, 2.75) is 48.6 Å². The molecule has 0 unspecified atom stereocenters. The lowest BCUT2D eigenvalue weighted by Gasteiger charge is -2.37. The van der Waals surface area contributed by atoms with Crippen LogP contribution < -0.4 is 10.1 Å². The molecule has 9 nitrogen and oxygen atoms in total. The van der Waals surface area contributed by atoms with Crippen LogP contribution in [0.15, 0.2) is 107 Å². The van der Waals surface area contributed by atoms with Gasteiger partial charge in [-0.1, -0.05) is 72.4 Å². The van der Waals surface area contributed by atoms with E-state index in [-0.39, 0.29) is 24.1 Å².